The molecule has 0 amide bonds. The zero-order valence-electron chi connectivity index (χ0n) is 23.1. The van der Waals surface area contributed by atoms with E-state index in [1.54, 1.807) is 0 Å². The van der Waals surface area contributed by atoms with Crippen molar-refractivity contribution in [3.63, 3.8) is 0 Å². The molecule has 0 aromatic heterocycles. The number of halogens is 3. The quantitative estimate of drug-likeness (QED) is 0.312. The Balaban J connectivity index is 1.69. The van der Waals surface area contributed by atoms with Crippen molar-refractivity contribution < 1.29 is 36.6 Å². The molecule has 0 saturated heterocycles. The van der Waals surface area contributed by atoms with E-state index in [1.165, 1.54) is 25.1 Å². The molecule has 0 aliphatic heterocycles. The van der Waals surface area contributed by atoms with E-state index in [4.69, 9.17) is 0 Å². The second-order valence-corrected chi connectivity index (χ2v) is 13.1. The van der Waals surface area contributed by atoms with Crippen molar-refractivity contribution in [1.82, 2.24) is 9.62 Å². The Morgan fingerprint density at radius 1 is 1.15 bits per heavy atom. The van der Waals surface area contributed by atoms with Crippen molar-refractivity contribution in [3.8, 4) is 0 Å². The number of β-amino-alcohol motifs (C(OH)–C–C–N with tert-alkyl or cyclic N) is 1. The molecule has 0 radical (unpaired) electrons. The standard InChI is InChI=1S/C29H37F3N2O5S/c1-5-21(27(36)37)10-19-13-24(29(30,31)32)15-26(14-19)40(38,39)34(4)18-25(35)17-33-28(2,3)16-20-11-22-8-6-7-9-23(22)12-20/h6-10,13-15,20,25,33,35H,5,11-12,16-18H2,1-4H3,(H,36,37). The molecule has 40 heavy (non-hydrogen) atoms. The van der Waals surface area contributed by atoms with Crippen molar-refractivity contribution in [3.05, 3.63) is 70.3 Å². The Hall–Kier alpha value is -2.73. The number of carbonyl (C=O) groups is 1. The molecule has 1 aliphatic carbocycles. The molecule has 7 nitrogen and oxygen atoms in total. The Kier molecular flexibility index (Phi) is 9.87. The first-order valence-electron chi connectivity index (χ1n) is 13.1. The van der Waals surface area contributed by atoms with E-state index in [9.17, 15) is 36.6 Å². The van der Waals surface area contributed by atoms with Gasteiger partial charge in [-0.15, -0.1) is 0 Å². The first kappa shape index (κ1) is 31.8. The average molecular weight is 583 g/mol. The van der Waals surface area contributed by atoms with E-state index in [1.807, 2.05) is 26.0 Å². The summed E-state index contributed by atoms with van der Waals surface area (Å²) in [5, 5.41) is 23.2. The van der Waals surface area contributed by atoms with Crippen LogP contribution >= 0.6 is 0 Å². The van der Waals surface area contributed by atoms with Crippen molar-refractivity contribution in [1.29, 1.82) is 0 Å². The molecule has 1 atom stereocenters. The maximum atomic E-state index is 13.6. The highest BCUT2D eigenvalue weighted by Crippen LogP contribution is 2.34. The van der Waals surface area contributed by atoms with Gasteiger partial charge >= 0.3 is 12.1 Å². The van der Waals surface area contributed by atoms with Gasteiger partial charge in [0.15, 0.2) is 0 Å². The third-order valence-electron chi connectivity index (χ3n) is 7.18. The second-order valence-electron chi connectivity index (χ2n) is 11.1. The number of hydrogen-bond acceptors (Lipinski definition) is 5. The van der Waals surface area contributed by atoms with Crippen LogP contribution < -0.4 is 5.32 Å². The second kappa shape index (κ2) is 12.4. The van der Waals surface area contributed by atoms with Gasteiger partial charge in [-0.3, -0.25) is 0 Å². The van der Waals surface area contributed by atoms with Gasteiger partial charge in [-0.05, 0) is 86.4 Å². The fraction of sp³-hybridized carbons (Fsp3) is 0.483. The van der Waals surface area contributed by atoms with Crippen LogP contribution in [-0.2, 0) is 33.8 Å². The Morgan fingerprint density at radius 2 is 1.75 bits per heavy atom. The number of aliphatic hydroxyl groups excluding tert-OH is 1. The molecular formula is C29H37F3N2O5S. The summed E-state index contributed by atoms with van der Waals surface area (Å²) in [6.45, 7) is 5.30. The number of nitrogens with zero attached hydrogens (tertiary/aromatic N) is 1. The topological polar surface area (TPSA) is 107 Å². The van der Waals surface area contributed by atoms with Crippen LogP contribution in [0.5, 0.6) is 0 Å². The summed E-state index contributed by atoms with van der Waals surface area (Å²) in [4.78, 5) is 10.7. The molecule has 220 valence electrons. The van der Waals surface area contributed by atoms with Crippen molar-refractivity contribution in [2.45, 2.75) is 69.2 Å². The minimum absolute atomic E-state index is 0.0385. The number of benzene rings is 2. The molecule has 0 saturated carbocycles. The molecule has 1 unspecified atom stereocenters. The first-order valence-corrected chi connectivity index (χ1v) is 14.6. The highest BCUT2D eigenvalue weighted by molar-refractivity contribution is 7.89. The summed E-state index contributed by atoms with van der Waals surface area (Å²) in [5.74, 6) is -0.865. The number of aliphatic carboxylic acids is 1. The number of hydrogen-bond donors (Lipinski definition) is 3. The fourth-order valence-electron chi connectivity index (χ4n) is 5.16. The molecule has 0 bridgehead atoms. The molecule has 2 aromatic carbocycles. The predicted octanol–water partition coefficient (Wildman–Crippen LogP) is 4.74. The van der Waals surface area contributed by atoms with E-state index < -0.39 is 38.7 Å². The van der Waals surface area contributed by atoms with Gasteiger partial charge in [0, 0.05) is 31.2 Å². The van der Waals surface area contributed by atoms with E-state index in [0.717, 1.165) is 35.7 Å². The third-order valence-corrected chi connectivity index (χ3v) is 8.98. The van der Waals surface area contributed by atoms with Crippen LogP contribution in [0.3, 0.4) is 0 Å². The number of nitrogens with one attached hydrogen (secondary N) is 1. The largest absolute Gasteiger partial charge is 0.478 e. The summed E-state index contributed by atoms with van der Waals surface area (Å²) >= 11 is 0. The van der Waals surface area contributed by atoms with Gasteiger partial charge in [0.1, 0.15) is 0 Å². The number of carboxylic acid groups (broad SMARTS) is 1. The van der Waals surface area contributed by atoms with Crippen LogP contribution in [0, 0.1) is 5.92 Å². The molecule has 0 heterocycles. The average Bonchev–Trinajstić information content (AvgIpc) is 3.26. The number of carboxylic acids is 1. The predicted molar refractivity (Wildman–Crippen MR) is 147 cm³/mol. The van der Waals surface area contributed by atoms with Gasteiger partial charge in [0.25, 0.3) is 0 Å². The molecule has 3 N–H and O–H groups in total. The van der Waals surface area contributed by atoms with Gasteiger partial charge in [0.05, 0.1) is 16.6 Å². The van der Waals surface area contributed by atoms with Crippen LogP contribution in [0.2, 0.25) is 0 Å². The summed E-state index contributed by atoms with van der Waals surface area (Å²) < 4.78 is 67.9. The summed E-state index contributed by atoms with van der Waals surface area (Å²) in [5.41, 5.74) is 0.775. The van der Waals surface area contributed by atoms with E-state index in [0.29, 0.717) is 18.1 Å². The molecule has 11 heteroatoms. The number of aliphatic hydroxyl groups is 1. The van der Waals surface area contributed by atoms with Crippen LogP contribution in [0.25, 0.3) is 6.08 Å². The van der Waals surface area contributed by atoms with Gasteiger partial charge in [-0.2, -0.15) is 17.5 Å². The summed E-state index contributed by atoms with van der Waals surface area (Å²) in [7, 11) is -3.25. The minimum Gasteiger partial charge on any atom is -0.478 e. The normalized spacial score (nSPS) is 15.9. The molecule has 2 aromatic rings. The Bertz CT molecular complexity index is 1330. The number of sulfonamides is 1. The van der Waals surface area contributed by atoms with Gasteiger partial charge in [0.2, 0.25) is 10.0 Å². The molecule has 0 fully saturated rings. The van der Waals surface area contributed by atoms with Gasteiger partial charge in [-0.25, -0.2) is 13.2 Å². The minimum atomic E-state index is -4.85. The monoisotopic (exact) mass is 582 g/mol. The van der Waals surface area contributed by atoms with Crippen LogP contribution in [0.15, 0.2) is 52.9 Å². The molecular weight excluding hydrogens is 545 g/mol. The number of alkyl halides is 3. The van der Waals surface area contributed by atoms with Gasteiger partial charge < -0.3 is 15.5 Å². The number of fused-ring (bicyclic) bond motifs is 1. The number of likely N-dealkylation sites (N-methyl/N-ethyl adjacent to an activating group) is 1. The third kappa shape index (κ3) is 8.15. The zero-order chi connectivity index (χ0) is 29.9. The van der Waals surface area contributed by atoms with E-state index in [-0.39, 0.29) is 36.2 Å². The van der Waals surface area contributed by atoms with Crippen LogP contribution in [0.4, 0.5) is 13.2 Å². The molecule has 3 rings (SSSR count). The van der Waals surface area contributed by atoms with Crippen LogP contribution in [0.1, 0.15) is 55.9 Å². The molecule has 1 aliphatic rings. The zero-order valence-corrected chi connectivity index (χ0v) is 23.9. The lowest BCUT2D eigenvalue weighted by Gasteiger charge is -2.31. The maximum Gasteiger partial charge on any atom is 0.416 e. The lowest BCUT2D eigenvalue weighted by Crippen LogP contribution is -2.47. The van der Waals surface area contributed by atoms with Crippen molar-refractivity contribution in [2.75, 3.05) is 20.1 Å². The maximum absolute atomic E-state index is 13.6. The molecule has 0 spiro atoms. The number of rotatable bonds is 12. The van der Waals surface area contributed by atoms with Crippen molar-refractivity contribution in [2.24, 2.45) is 5.92 Å². The fourth-order valence-corrected chi connectivity index (χ4v) is 6.45. The summed E-state index contributed by atoms with van der Waals surface area (Å²) in [6, 6.07) is 10.6. The highest BCUT2D eigenvalue weighted by Gasteiger charge is 2.34. The van der Waals surface area contributed by atoms with Gasteiger partial charge in [-0.1, -0.05) is 31.2 Å². The van der Waals surface area contributed by atoms with Crippen molar-refractivity contribution >= 4 is 22.1 Å². The Labute approximate surface area is 233 Å². The smallest absolute Gasteiger partial charge is 0.416 e. The lowest BCUT2D eigenvalue weighted by atomic mass is 9.88. The summed E-state index contributed by atoms with van der Waals surface area (Å²) in [6.07, 6.45) is -2.10. The first-order chi connectivity index (χ1) is 18.5. The van der Waals surface area contributed by atoms with Crippen LogP contribution in [-0.4, -0.2) is 60.7 Å². The lowest BCUT2D eigenvalue weighted by molar-refractivity contribution is -0.137. The van der Waals surface area contributed by atoms with E-state index in [2.05, 4.69) is 17.4 Å². The van der Waals surface area contributed by atoms with E-state index >= 15 is 0 Å². The SMILES string of the molecule is CCC(=Cc1cc(C(F)(F)F)cc(S(=O)(=O)N(C)CC(O)CNC(C)(C)CC2Cc3ccccc3C2)c1)C(=O)O. The highest BCUT2D eigenvalue weighted by atomic mass is 32.2. The Morgan fingerprint density at radius 3 is 2.27 bits per heavy atom.